The Morgan fingerprint density at radius 3 is 2.63 bits per heavy atom. The third-order valence-corrected chi connectivity index (χ3v) is 5.54. The molecule has 0 saturated heterocycles. The van der Waals surface area contributed by atoms with Crippen LogP contribution in [-0.4, -0.2) is 15.3 Å². The lowest BCUT2D eigenvalue weighted by Gasteiger charge is -2.14. The highest BCUT2D eigenvalue weighted by molar-refractivity contribution is 7.15. The van der Waals surface area contributed by atoms with E-state index in [1.807, 2.05) is 53.2 Å². The highest BCUT2D eigenvalue weighted by Crippen LogP contribution is 2.24. The van der Waals surface area contributed by atoms with Crippen molar-refractivity contribution >= 4 is 22.2 Å². The van der Waals surface area contributed by atoms with Crippen molar-refractivity contribution in [2.45, 2.75) is 26.3 Å². The minimum absolute atomic E-state index is 0.0108. The number of nitrogens with zero attached hydrogens (tertiary/aromatic N) is 2. The van der Waals surface area contributed by atoms with Crippen LogP contribution < -0.4 is 5.32 Å². The molecule has 1 amide bonds. The molecule has 0 aliphatic rings. The standard InChI is InChI=1S/C22H21N3OS/c1-15-8-10-18(11-9-15)20-13-25-19(14-27-22(25)24-20)12-21(26)23-16(2)17-6-4-3-5-7-17/h3-11,13-14,16H,12H2,1-2H3,(H,23,26). The van der Waals surface area contributed by atoms with E-state index in [1.165, 1.54) is 5.56 Å². The van der Waals surface area contributed by atoms with Crippen molar-refractivity contribution in [3.05, 3.63) is 83.0 Å². The number of nitrogens with one attached hydrogen (secondary N) is 1. The number of hydrogen-bond acceptors (Lipinski definition) is 3. The fourth-order valence-electron chi connectivity index (χ4n) is 3.10. The monoisotopic (exact) mass is 375 g/mol. The number of thiazole rings is 1. The zero-order chi connectivity index (χ0) is 18.8. The van der Waals surface area contributed by atoms with Gasteiger partial charge in [-0.3, -0.25) is 9.20 Å². The van der Waals surface area contributed by atoms with E-state index in [-0.39, 0.29) is 11.9 Å². The highest BCUT2D eigenvalue weighted by Gasteiger charge is 2.14. The van der Waals surface area contributed by atoms with Gasteiger partial charge in [-0.2, -0.15) is 0 Å². The van der Waals surface area contributed by atoms with Crippen LogP contribution in [0.1, 0.15) is 29.8 Å². The fourth-order valence-corrected chi connectivity index (χ4v) is 3.97. The minimum atomic E-state index is -0.0151. The van der Waals surface area contributed by atoms with Gasteiger partial charge in [0.2, 0.25) is 5.91 Å². The van der Waals surface area contributed by atoms with Crippen molar-refractivity contribution < 1.29 is 4.79 Å². The first-order valence-electron chi connectivity index (χ1n) is 8.97. The Morgan fingerprint density at radius 1 is 1.15 bits per heavy atom. The van der Waals surface area contributed by atoms with Gasteiger partial charge in [-0.15, -0.1) is 11.3 Å². The van der Waals surface area contributed by atoms with E-state index in [9.17, 15) is 4.79 Å². The smallest absolute Gasteiger partial charge is 0.226 e. The van der Waals surface area contributed by atoms with Crippen molar-refractivity contribution in [3.63, 3.8) is 0 Å². The summed E-state index contributed by atoms with van der Waals surface area (Å²) in [5, 5.41) is 5.08. The number of rotatable bonds is 5. The molecule has 5 heteroatoms. The number of aromatic nitrogens is 2. The number of fused-ring (bicyclic) bond motifs is 1. The van der Waals surface area contributed by atoms with Gasteiger partial charge < -0.3 is 5.32 Å². The molecule has 0 aliphatic heterocycles. The van der Waals surface area contributed by atoms with Gasteiger partial charge in [0.25, 0.3) is 0 Å². The van der Waals surface area contributed by atoms with Gasteiger partial charge in [0, 0.05) is 22.8 Å². The maximum Gasteiger partial charge on any atom is 0.226 e. The summed E-state index contributed by atoms with van der Waals surface area (Å²) in [7, 11) is 0. The van der Waals surface area contributed by atoms with Crippen LogP contribution in [0.2, 0.25) is 0 Å². The molecule has 27 heavy (non-hydrogen) atoms. The molecule has 1 N–H and O–H groups in total. The van der Waals surface area contributed by atoms with Crippen molar-refractivity contribution in [3.8, 4) is 11.3 Å². The summed E-state index contributed by atoms with van der Waals surface area (Å²) >= 11 is 1.56. The van der Waals surface area contributed by atoms with E-state index in [4.69, 9.17) is 4.98 Å². The topological polar surface area (TPSA) is 46.4 Å². The molecular formula is C22H21N3OS. The number of amides is 1. The Balaban J connectivity index is 1.50. The number of aryl methyl sites for hydroxylation is 1. The molecular weight excluding hydrogens is 354 g/mol. The Morgan fingerprint density at radius 2 is 1.89 bits per heavy atom. The number of carbonyl (C=O) groups excluding carboxylic acids is 1. The Kier molecular flexibility index (Phi) is 4.77. The van der Waals surface area contributed by atoms with E-state index in [2.05, 4.69) is 36.5 Å². The van der Waals surface area contributed by atoms with Gasteiger partial charge in [0.1, 0.15) is 0 Å². The molecule has 4 nitrogen and oxygen atoms in total. The molecule has 136 valence electrons. The quantitative estimate of drug-likeness (QED) is 0.545. The molecule has 0 fully saturated rings. The first-order chi connectivity index (χ1) is 13.1. The lowest BCUT2D eigenvalue weighted by atomic mass is 10.1. The van der Waals surface area contributed by atoms with Crippen LogP contribution in [0.25, 0.3) is 16.2 Å². The molecule has 4 rings (SSSR count). The maximum atomic E-state index is 12.5. The largest absolute Gasteiger partial charge is 0.349 e. The van der Waals surface area contributed by atoms with Crippen molar-refractivity contribution in [2.75, 3.05) is 0 Å². The first kappa shape index (κ1) is 17.5. The zero-order valence-corrected chi connectivity index (χ0v) is 16.2. The minimum Gasteiger partial charge on any atom is -0.349 e. The summed E-state index contributed by atoms with van der Waals surface area (Å²) in [5.41, 5.74) is 5.31. The van der Waals surface area contributed by atoms with Crippen LogP contribution >= 0.6 is 11.3 Å². The molecule has 1 unspecified atom stereocenters. The Hall–Kier alpha value is -2.92. The number of benzene rings is 2. The molecule has 0 saturated carbocycles. The zero-order valence-electron chi connectivity index (χ0n) is 15.3. The van der Waals surface area contributed by atoms with Gasteiger partial charge >= 0.3 is 0 Å². The Bertz CT molecular complexity index is 1060. The second-order valence-corrected chi connectivity index (χ2v) is 7.58. The second-order valence-electron chi connectivity index (χ2n) is 6.75. The van der Waals surface area contributed by atoms with E-state index in [0.29, 0.717) is 6.42 Å². The SMILES string of the molecule is Cc1ccc(-c2cn3c(CC(=O)NC(C)c4ccccc4)csc3n2)cc1. The van der Waals surface area contributed by atoms with Gasteiger partial charge in [-0.05, 0) is 19.4 Å². The molecule has 2 aromatic carbocycles. The fraction of sp³-hybridized carbons (Fsp3) is 0.182. The second kappa shape index (κ2) is 7.37. The third kappa shape index (κ3) is 3.78. The summed E-state index contributed by atoms with van der Waals surface area (Å²) in [6, 6.07) is 18.3. The number of imidazole rings is 1. The van der Waals surface area contributed by atoms with Crippen molar-refractivity contribution in [1.29, 1.82) is 0 Å². The van der Waals surface area contributed by atoms with E-state index in [0.717, 1.165) is 27.5 Å². The highest BCUT2D eigenvalue weighted by atomic mass is 32.1. The maximum absolute atomic E-state index is 12.5. The van der Waals surface area contributed by atoms with Crippen molar-refractivity contribution in [1.82, 2.24) is 14.7 Å². The van der Waals surface area contributed by atoms with Gasteiger partial charge in [-0.1, -0.05) is 60.2 Å². The van der Waals surface area contributed by atoms with Crippen LogP contribution in [0.4, 0.5) is 0 Å². The van der Waals surface area contributed by atoms with Gasteiger partial charge in [0.15, 0.2) is 4.96 Å². The summed E-state index contributed by atoms with van der Waals surface area (Å²) in [4.78, 5) is 18.1. The Labute approximate surface area is 162 Å². The molecule has 1 atom stereocenters. The molecule has 0 bridgehead atoms. The van der Waals surface area contributed by atoms with Crippen LogP contribution in [0, 0.1) is 6.92 Å². The summed E-state index contributed by atoms with van der Waals surface area (Å²) < 4.78 is 2.02. The molecule has 0 aliphatic carbocycles. The third-order valence-electron chi connectivity index (χ3n) is 4.65. The molecule has 0 radical (unpaired) electrons. The summed E-state index contributed by atoms with van der Waals surface area (Å²) in [5.74, 6) is 0.0108. The predicted molar refractivity (Wildman–Crippen MR) is 110 cm³/mol. The average Bonchev–Trinajstić information content (AvgIpc) is 3.25. The first-order valence-corrected chi connectivity index (χ1v) is 9.85. The van der Waals surface area contributed by atoms with Crippen LogP contribution in [-0.2, 0) is 11.2 Å². The number of hydrogen-bond donors (Lipinski definition) is 1. The molecule has 0 spiro atoms. The van der Waals surface area contributed by atoms with E-state index < -0.39 is 0 Å². The molecule has 2 aromatic heterocycles. The predicted octanol–water partition coefficient (Wildman–Crippen LogP) is 4.79. The van der Waals surface area contributed by atoms with Gasteiger partial charge in [-0.25, -0.2) is 4.98 Å². The molecule has 2 heterocycles. The van der Waals surface area contributed by atoms with Crippen LogP contribution in [0.15, 0.2) is 66.2 Å². The molecule has 4 aromatic rings. The van der Waals surface area contributed by atoms with E-state index >= 15 is 0 Å². The van der Waals surface area contributed by atoms with Crippen LogP contribution in [0.5, 0.6) is 0 Å². The van der Waals surface area contributed by atoms with Crippen LogP contribution in [0.3, 0.4) is 0 Å². The summed E-state index contributed by atoms with van der Waals surface area (Å²) in [6.45, 7) is 4.08. The van der Waals surface area contributed by atoms with Crippen molar-refractivity contribution in [2.24, 2.45) is 0 Å². The van der Waals surface area contributed by atoms with Gasteiger partial charge in [0.05, 0.1) is 18.2 Å². The normalized spacial score (nSPS) is 12.2. The van der Waals surface area contributed by atoms with E-state index in [1.54, 1.807) is 11.3 Å². The number of carbonyl (C=O) groups is 1. The lowest BCUT2D eigenvalue weighted by Crippen LogP contribution is -2.28. The lowest BCUT2D eigenvalue weighted by molar-refractivity contribution is -0.121. The average molecular weight is 375 g/mol. The summed E-state index contributed by atoms with van der Waals surface area (Å²) in [6.07, 6.45) is 2.35.